The molecule has 0 aromatic heterocycles. The van der Waals surface area contributed by atoms with Crippen LogP contribution in [0.15, 0.2) is 52.3 Å². The molecule has 4 nitrogen and oxygen atoms in total. The number of halogens is 3. The minimum absolute atomic E-state index is 0.364. The lowest BCUT2D eigenvalue weighted by Crippen LogP contribution is -2.37. The van der Waals surface area contributed by atoms with Gasteiger partial charge in [-0.1, -0.05) is 25.6 Å². The normalized spacial score (nSPS) is 18.3. The first-order chi connectivity index (χ1) is 12.6. The van der Waals surface area contributed by atoms with Crippen LogP contribution in [0.2, 0.25) is 0 Å². The maximum Gasteiger partial charge on any atom is 0.416 e. The molecule has 1 heterocycles. The molecule has 0 bridgehead atoms. The zero-order valence-corrected chi connectivity index (χ0v) is 15.5. The van der Waals surface area contributed by atoms with E-state index in [4.69, 9.17) is 15.2 Å². The number of hydrogen-bond acceptors (Lipinski definition) is 4. The van der Waals surface area contributed by atoms with Crippen LogP contribution in [-0.2, 0) is 10.9 Å². The van der Waals surface area contributed by atoms with Gasteiger partial charge in [0.05, 0.1) is 12.2 Å². The first-order valence-electron chi connectivity index (χ1n) is 8.14. The zero-order valence-electron chi connectivity index (χ0n) is 14.7. The molecular formula is C19H18F3NO3S. The summed E-state index contributed by atoms with van der Waals surface area (Å²) in [5, 5.41) is 0. The van der Waals surface area contributed by atoms with E-state index in [1.165, 1.54) is 23.9 Å². The van der Waals surface area contributed by atoms with Gasteiger partial charge in [0.15, 0.2) is 0 Å². The third kappa shape index (κ3) is 4.32. The summed E-state index contributed by atoms with van der Waals surface area (Å²) in [5.41, 5.74) is 4.73. The van der Waals surface area contributed by atoms with Crippen LogP contribution in [0, 0.1) is 5.41 Å². The molecule has 1 atom stereocenters. The second-order valence-corrected chi connectivity index (χ2v) is 8.06. The Hall–Kier alpha value is -2.35. The molecule has 1 aliphatic heterocycles. The van der Waals surface area contributed by atoms with Crippen molar-refractivity contribution in [1.29, 1.82) is 0 Å². The topological polar surface area (TPSA) is 61.6 Å². The lowest BCUT2D eigenvalue weighted by Gasteiger charge is -2.38. The zero-order chi connectivity index (χ0) is 19.8. The van der Waals surface area contributed by atoms with E-state index in [0.29, 0.717) is 22.8 Å². The summed E-state index contributed by atoms with van der Waals surface area (Å²) in [4.78, 5) is 12.8. The summed E-state index contributed by atoms with van der Waals surface area (Å²) in [5.74, 6) is 0.595. The molecule has 144 valence electrons. The van der Waals surface area contributed by atoms with Gasteiger partial charge in [-0.2, -0.15) is 13.2 Å². The van der Waals surface area contributed by atoms with Crippen LogP contribution in [0.3, 0.4) is 0 Å². The molecule has 2 N–H and O–H groups in total. The first kappa shape index (κ1) is 19.4. The lowest BCUT2D eigenvalue weighted by molar-refractivity contribution is -0.137. The van der Waals surface area contributed by atoms with Crippen molar-refractivity contribution < 1.29 is 27.4 Å². The van der Waals surface area contributed by atoms with Gasteiger partial charge in [-0.15, -0.1) is 0 Å². The molecule has 0 spiro atoms. The van der Waals surface area contributed by atoms with Crippen LogP contribution in [0.25, 0.3) is 0 Å². The fourth-order valence-electron chi connectivity index (χ4n) is 2.87. The second kappa shape index (κ2) is 6.99. The molecular weight excluding hydrogens is 379 g/mol. The standard InChI is InChI=1S/C19H18F3NO3S/c1-18(2)10-25-15-8-7-13(9-14(15)16(18)26-17(23)24)27-12-5-3-11(4-6-12)19(20,21)22/h3-9,16H,10H2,1-2H3,(H2,23,24). The summed E-state index contributed by atoms with van der Waals surface area (Å²) in [6.07, 6.45) is -5.81. The number of hydrogen-bond donors (Lipinski definition) is 1. The van der Waals surface area contributed by atoms with Crippen molar-refractivity contribution in [2.75, 3.05) is 6.61 Å². The van der Waals surface area contributed by atoms with E-state index >= 15 is 0 Å². The number of amides is 1. The molecule has 2 aromatic rings. The Morgan fingerprint density at radius 1 is 1.19 bits per heavy atom. The highest BCUT2D eigenvalue weighted by Crippen LogP contribution is 2.46. The van der Waals surface area contributed by atoms with Gasteiger partial charge in [0.25, 0.3) is 0 Å². The Morgan fingerprint density at radius 2 is 1.81 bits per heavy atom. The number of primary amides is 1. The average Bonchev–Trinajstić information content (AvgIpc) is 2.57. The fraction of sp³-hybridized carbons (Fsp3) is 0.316. The van der Waals surface area contributed by atoms with Crippen LogP contribution in [-0.4, -0.2) is 12.7 Å². The van der Waals surface area contributed by atoms with E-state index < -0.39 is 29.4 Å². The van der Waals surface area contributed by atoms with Gasteiger partial charge in [0.1, 0.15) is 11.9 Å². The average molecular weight is 397 g/mol. The van der Waals surface area contributed by atoms with Crippen LogP contribution < -0.4 is 10.5 Å². The summed E-state index contributed by atoms with van der Waals surface area (Å²) < 4.78 is 49.1. The number of rotatable bonds is 3. The van der Waals surface area contributed by atoms with Gasteiger partial charge >= 0.3 is 12.3 Å². The Labute approximate surface area is 158 Å². The monoisotopic (exact) mass is 397 g/mol. The van der Waals surface area contributed by atoms with Gasteiger partial charge in [0, 0.05) is 20.8 Å². The number of carbonyl (C=O) groups excluding carboxylic acids is 1. The van der Waals surface area contributed by atoms with Crippen molar-refractivity contribution >= 4 is 17.9 Å². The van der Waals surface area contributed by atoms with Crippen molar-refractivity contribution in [2.45, 2.75) is 35.9 Å². The quantitative estimate of drug-likeness (QED) is 0.752. The highest BCUT2D eigenvalue weighted by atomic mass is 32.2. The number of ether oxygens (including phenoxy) is 2. The Kier molecular flexibility index (Phi) is 5.03. The third-order valence-electron chi connectivity index (χ3n) is 4.22. The maximum atomic E-state index is 12.7. The summed E-state index contributed by atoms with van der Waals surface area (Å²) in [7, 11) is 0. The highest BCUT2D eigenvalue weighted by Gasteiger charge is 2.40. The molecule has 1 aliphatic rings. The van der Waals surface area contributed by atoms with Gasteiger partial charge in [0.2, 0.25) is 0 Å². The Morgan fingerprint density at radius 3 is 2.41 bits per heavy atom. The van der Waals surface area contributed by atoms with Gasteiger partial charge < -0.3 is 15.2 Å². The fourth-order valence-corrected chi connectivity index (χ4v) is 3.74. The molecule has 3 rings (SSSR count). The van der Waals surface area contributed by atoms with Crippen molar-refractivity contribution in [3.05, 3.63) is 53.6 Å². The molecule has 0 saturated carbocycles. The van der Waals surface area contributed by atoms with Crippen LogP contribution in [0.4, 0.5) is 18.0 Å². The molecule has 0 radical (unpaired) electrons. The minimum atomic E-state index is -4.36. The largest absolute Gasteiger partial charge is 0.492 e. The predicted molar refractivity (Wildman–Crippen MR) is 94.7 cm³/mol. The molecule has 27 heavy (non-hydrogen) atoms. The van der Waals surface area contributed by atoms with E-state index in [2.05, 4.69) is 0 Å². The van der Waals surface area contributed by atoms with E-state index in [0.717, 1.165) is 17.0 Å². The van der Waals surface area contributed by atoms with Crippen molar-refractivity contribution in [3.63, 3.8) is 0 Å². The summed E-state index contributed by atoms with van der Waals surface area (Å²) in [6.45, 7) is 4.17. The van der Waals surface area contributed by atoms with E-state index in [1.54, 1.807) is 12.1 Å². The Bertz CT molecular complexity index is 850. The third-order valence-corrected chi connectivity index (χ3v) is 5.22. The van der Waals surface area contributed by atoms with Crippen LogP contribution in [0.1, 0.15) is 31.1 Å². The minimum Gasteiger partial charge on any atom is -0.492 e. The molecule has 8 heteroatoms. The van der Waals surface area contributed by atoms with Crippen molar-refractivity contribution in [2.24, 2.45) is 11.1 Å². The van der Waals surface area contributed by atoms with Gasteiger partial charge in [-0.3, -0.25) is 0 Å². The SMILES string of the molecule is CC1(C)COc2ccc(Sc3ccc(C(F)(F)F)cc3)cc2C1OC(N)=O. The second-order valence-electron chi connectivity index (χ2n) is 6.92. The van der Waals surface area contributed by atoms with Gasteiger partial charge in [-0.25, -0.2) is 4.79 Å². The van der Waals surface area contributed by atoms with E-state index in [9.17, 15) is 18.0 Å². The van der Waals surface area contributed by atoms with E-state index in [1.807, 2.05) is 19.9 Å². The van der Waals surface area contributed by atoms with Crippen molar-refractivity contribution in [1.82, 2.24) is 0 Å². The predicted octanol–water partition coefficient (Wildman–Crippen LogP) is 5.41. The lowest BCUT2D eigenvalue weighted by atomic mass is 9.81. The molecule has 0 aliphatic carbocycles. The van der Waals surface area contributed by atoms with E-state index in [-0.39, 0.29) is 0 Å². The number of nitrogens with two attached hydrogens (primary N) is 1. The molecule has 2 aromatic carbocycles. The summed E-state index contributed by atoms with van der Waals surface area (Å²) >= 11 is 1.31. The van der Waals surface area contributed by atoms with Crippen LogP contribution >= 0.6 is 11.8 Å². The number of alkyl halides is 3. The molecule has 1 unspecified atom stereocenters. The number of benzene rings is 2. The molecule has 0 saturated heterocycles. The Balaban J connectivity index is 1.88. The van der Waals surface area contributed by atoms with Gasteiger partial charge in [-0.05, 0) is 42.5 Å². The number of fused-ring (bicyclic) bond motifs is 1. The smallest absolute Gasteiger partial charge is 0.416 e. The first-order valence-corrected chi connectivity index (χ1v) is 8.96. The molecule has 1 amide bonds. The summed E-state index contributed by atoms with van der Waals surface area (Å²) in [6, 6.07) is 10.3. The molecule has 0 fully saturated rings. The maximum absolute atomic E-state index is 12.7. The highest BCUT2D eigenvalue weighted by molar-refractivity contribution is 7.99. The number of carbonyl (C=O) groups is 1. The van der Waals surface area contributed by atoms with Crippen molar-refractivity contribution in [3.8, 4) is 5.75 Å². The van der Waals surface area contributed by atoms with Crippen LogP contribution in [0.5, 0.6) is 5.75 Å².